The Labute approximate surface area is 322 Å². The van der Waals surface area contributed by atoms with E-state index in [1.165, 1.54) is 5.56 Å². The number of hydrogen-bond acceptors (Lipinski definition) is 10. The zero-order chi connectivity index (χ0) is 38.0. The predicted molar refractivity (Wildman–Crippen MR) is 214 cm³/mol. The first-order chi connectivity index (χ1) is 27.5. The first-order valence-electron chi connectivity index (χ1n) is 18.8. The number of imide groups is 1. The van der Waals surface area contributed by atoms with E-state index in [2.05, 4.69) is 55.5 Å². The molecule has 2 aliphatic rings. The fourth-order valence-corrected chi connectivity index (χ4v) is 7.77. The number of piperidine rings is 1. The van der Waals surface area contributed by atoms with E-state index in [9.17, 15) is 14.8 Å². The highest BCUT2D eigenvalue weighted by molar-refractivity contribution is 6.10. The third kappa shape index (κ3) is 6.73. The van der Waals surface area contributed by atoms with E-state index in [1.807, 2.05) is 76.0 Å². The molecule has 0 bridgehead atoms. The minimum atomic E-state index is -0.484. The number of anilines is 1. The molecule has 1 saturated heterocycles. The smallest absolute Gasteiger partial charge is 0.249 e. The molecule has 1 aliphatic heterocycles. The van der Waals surface area contributed by atoms with Crippen molar-refractivity contribution < 1.29 is 19.5 Å². The van der Waals surface area contributed by atoms with Gasteiger partial charge in [0, 0.05) is 84.0 Å². The summed E-state index contributed by atoms with van der Waals surface area (Å²) < 4.78 is 9.89. The molecular weight excluding hydrogens is 707 g/mol. The maximum atomic E-state index is 12.8. The molecule has 56 heavy (non-hydrogen) atoms. The van der Waals surface area contributed by atoms with E-state index < -0.39 is 6.04 Å². The van der Waals surface area contributed by atoms with E-state index in [-0.39, 0.29) is 11.8 Å². The summed E-state index contributed by atoms with van der Waals surface area (Å²) in [7, 11) is 0. The summed E-state index contributed by atoms with van der Waals surface area (Å²) in [5.74, 6) is 0.247. The Balaban J connectivity index is 0.802. The number of nitrogens with zero attached hydrogens (tertiary/aromatic N) is 6. The van der Waals surface area contributed by atoms with Crippen LogP contribution in [0.3, 0.4) is 0 Å². The van der Waals surface area contributed by atoms with Gasteiger partial charge in [0.15, 0.2) is 0 Å². The van der Waals surface area contributed by atoms with Crippen LogP contribution in [0, 0.1) is 0 Å². The first kappa shape index (κ1) is 34.9. The number of oxime groups is 1. The average molecular weight is 746 g/mol. The Morgan fingerprint density at radius 1 is 0.857 bits per heavy atom. The number of ether oxygens (including phenoxy) is 1. The molecule has 1 atom stereocenters. The van der Waals surface area contributed by atoms with Gasteiger partial charge in [0.25, 0.3) is 0 Å². The van der Waals surface area contributed by atoms with Gasteiger partial charge in [0.05, 0.1) is 16.9 Å². The molecule has 0 radical (unpaired) electrons. The number of rotatable bonds is 12. The largest absolute Gasteiger partial charge is 0.492 e. The lowest BCUT2D eigenvalue weighted by Crippen LogP contribution is -2.41. The van der Waals surface area contributed by atoms with E-state index in [0.717, 1.165) is 92.1 Å². The van der Waals surface area contributed by atoms with Crippen LogP contribution in [0.25, 0.3) is 50.0 Å². The Hall–Kier alpha value is -6.86. The number of aromatic nitrogens is 5. The maximum Gasteiger partial charge on any atom is 0.249 e. The molecule has 1 unspecified atom stereocenters. The topological polar surface area (TPSA) is 161 Å². The summed E-state index contributed by atoms with van der Waals surface area (Å²) in [6, 6.07) is 27.7. The molecule has 13 nitrogen and oxygen atoms in total. The number of amides is 2. The van der Waals surface area contributed by atoms with Gasteiger partial charge in [0.2, 0.25) is 11.8 Å². The van der Waals surface area contributed by atoms with Gasteiger partial charge in [-0.25, -0.2) is 9.67 Å². The molecule has 4 N–H and O–H groups in total. The molecule has 4 aromatic heterocycles. The molecule has 1 aliphatic carbocycles. The molecular formula is C43H39N9O4. The van der Waals surface area contributed by atoms with Crippen LogP contribution in [-0.2, 0) is 16.0 Å². The molecule has 7 aromatic rings. The second-order valence-corrected chi connectivity index (χ2v) is 14.0. The molecule has 0 saturated carbocycles. The predicted octanol–water partition coefficient (Wildman–Crippen LogP) is 6.29. The molecule has 0 spiro atoms. The monoisotopic (exact) mass is 745 g/mol. The van der Waals surface area contributed by atoms with E-state index >= 15 is 0 Å². The molecule has 5 heterocycles. The highest BCUT2D eigenvalue weighted by Gasteiger charge is 2.31. The van der Waals surface area contributed by atoms with Crippen LogP contribution in [0.4, 0.5) is 5.69 Å². The van der Waals surface area contributed by atoms with Gasteiger partial charge < -0.3 is 25.1 Å². The van der Waals surface area contributed by atoms with Crippen molar-refractivity contribution in [3.05, 3.63) is 121 Å². The van der Waals surface area contributed by atoms with Crippen molar-refractivity contribution in [1.29, 1.82) is 0 Å². The van der Waals surface area contributed by atoms with Crippen LogP contribution in [0.5, 0.6) is 5.75 Å². The number of nitrogens with one attached hydrogen (secondary N) is 3. The number of pyridine rings is 2. The van der Waals surface area contributed by atoms with Gasteiger partial charge in [-0.15, -0.1) is 0 Å². The Bertz CT molecular complexity index is 2610. The zero-order valence-electron chi connectivity index (χ0n) is 30.5. The normalized spacial score (nSPS) is 16.1. The second-order valence-electron chi connectivity index (χ2n) is 14.0. The van der Waals surface area contributed by atoms with E-state index in [1.54, 1.807) is 18.6 Å². The van der Waals surface area contributed by atoms with Crippen LogP contribution in [0.15, 0.2) is 115 Å². The number of carbonyl (C=O) groups is 2. The summed E-state index contributed by atoms with van der Waals surface area (Å²) in [6.07, 6.45) is 9.65. The van der Waals surface area contributed by atoms with Crippen LogP contribution in [0.1, 0.15) is 36.4 Å². The highest BCUT2D eigenvalue weighted by Crippen LogP contribution is 2.36. The zero-order valence-corrected chi connectivity index (χ0v) is 30.5. The SMILES string of the molecule is O=C1CCC(n2c3ccc(NCCNCCOc4ccc(-n5cc(-c6ccc7c(c6)CC/C7=N\O)c(-c6ccncc6)n5)cc4)cc3c3cccnc32)C(=O)N1. The highest BCUT2D eigenvalue weighted by atomic mass is 16.5. The summed E-state index contributed by atoms with van der Waals surface area (Å²) in [6.45, 7) is 2.64. The van der Waals surface area contributed by atoms with Crippen LogP contribution in [-0.4, -0.2) is 73.3 Å². The van der Waals surface area contributed by atoms with Crippen molar-refractivity contribution in [2.45, 2.75) is 31.7 Å². The summed E-state index contributed by atoms with van der Waals surface area (Å²) in [4.78, 5) is 33.3. The molecule has 3 aromatic carbocycles. The third-order valence-corrected chi connectivity index (χ3v) is 10.5. The Morgan fingerprint density at radius 2 is 1.73 bits per heavy atom. The summed E-state index contributed by atoms with van der Waals surface area (Å²) >= 11 is 0. The number of aryl methyl sites for hydroxylation is 1. The standard InChI is InChI=1S/C43H39N9O4/c53-40-14-13-39(43(54)48-40)52-38-12-5-30(25-35(38)34-2-1-17-47-42(34)52)46-21-20-45-22-23-56-32-8-6-31(7-9-32)51-26-36(41(49-51)27-15-18-44-19-16-27)29-3-10-33-28(24-29)4-11-37(33)50-55/h1-3,5-10,12,15-19,24-26,39,45-46,55H,4,11,13-14,20-23H2,(H,48,53,54)/b50-37+. The number of hydrogen-bond donors (Lipinski definition) is 4. The van der Waals surface area contributed by atoms with Crippen LogP contribution >= 0.6 is 0 Å². The fraction of sp³-hybridized carbons (Fsp3) is 0.209. The number of carbonyl (C=O) groups excluding carboxylic acids is 2. The van der Waals surface area contributed by atoms with Gasteiger partial charge in [-0.1, -0.05) is 23.4 Å². The minimum absolute atomic E-state index is 0.235. The van der Waals surface area contributed by atoms with E-state index in [4.69, 9.17) is 9.84 Å². The minimum Gasteiger partial charge on any atom is -0.492 e. The quantitative estimate of drug-likeness (QED) is 0.0488. The number of benzene rings is 3. The average Bonchev–Trinajstić information content (AvgIpc) is 3.95. The van der Waals surface area contributed by atoms with Crippen molar-refractivity contribution in [2.75, 3.05) is 31.6 Å². The van der Waals surface area contributed by atoms with Crippen molar-refractivity contribution in [2.24, 2.45) is 5.16 Å². The van der Waals surface area contributed by atoms with Gasteiger partial charge in [-0.05, 0) is 97.1 Å². The van der Waals surface area contributed by atoms with Crippen molar-refractivity contribution in [3.8, 4) is 33.8 Å². The van der Waals surface area contributed by atoms with Crippen molar-refractivity contribution in [3.63, 3.8) is 0 Å². The molecule has 1 fully saturated rings. The summed E-state index contributed by atoms with van der Waals surface area (Å²) in [5, 5.41) is 29.3. The Kier molecular flexibility index (Phi) is 9.41. The van der Waals surface area contributed by atoms with Gasteiger partial charge in [-0.3, -0.25) is 19.9 Å². The van der Waals surface area contributed by atoms with Crippen molar-refractivity contribution >= 4 is 45.1 Å². The van der Waals surface area contributed by atoms with Gasteiger partial charge in [-0.2, -0.15) is 5.10 Å². The number of fused-ring (bicyclic) bond motifs is 4. The lowest BCUT2D eigenvalue weighted by atomic mass is 9.98. The van der Waals surface area contributed by atoms with Crippen LogP contribution in [0.2, 0.25) is 0 Å². The molecule has 280 valence electrons. The third-order valence-electron chi connectivity index (χ3n) is 10.5. The van der Waals surface area contributed by atoms with Crippen LogP contribution < -0.4 is 20.7 Å². The van der Waals surface area contributed by atoms with Gasteiger partial charge >= 0.3 is 0 Å². The lowest BCUT2D eigenvalue weighted by Gasteiger charge is -2.23. The second kappa shape index (κ2) is 15.1. The van der Waals surface area contributed by atoms with Crippen molar-refractivity contribution in [1.82, 2.24) is 34.9 Å². The fourth-order valence-electron chi connectivity index (χ4n) is 7.77. The molecule has 2 amide bonds. The lowest BCUT2D eigenvalue weighted by molar-refractivity contribution is -0.135. The molecule has 13 heteroatoms. The Morgan fingerprint density at radius 3 is 2.57 bits per heavy atom. The van der Waals surface area contributed by atoms with Gasteiger partial charge in [0.1, 0.15) is 29.7 Å². The maximum absolute atomic E-state index is 12.8. The first-order valence-corrected chi connectivity index (χ1v) is 18.8. The molecule has 9 rings (SSSR count). The summed E-state index contributed by atoms with van der Waals surface area (Å²) in [5.41, 5.74) is 10.3. The van der Waals surface area contributed by atoms with E-state index in [0.29, 0.717) is 32.5 Å².